The van der Waals surface area contributed by atoms with Crippen LogP contribution in [0.25, 0.3) is 0 Å². The van der Waals surface area contributed by atoms with Gasteiger partial charge in [-0.25, -0.2) is 0 Å². The monoisotopic (exact) mass is 280 g/mol. The van der Waals surface area contributed by atoms with E-state index in [1.165, 1.54) is 7.11 Å². The Morgan fingerprint density at radius 3 is 2.72 bits per heavy atom. The van der Waals surface area contributed by atoms with Crippen LogP contribution in [0.3, 0.4) is 0 Å². The number of hydrogen-bond acceptors (Lipinski definition) is 5. The standard InChI is InChI=1S/C11H20N2O4.ClH/c1-16-10(14)3-2-6-13-11(15)9-5-4-8(7-12)17-9;/h8-9H,2-7,12H2,1H3,(H,13,15);1H/t8-,9+;/m1./s1. The van der Waals surface area contributed by atoms with E-state index >= 15 is 0 Å². The summed E-state index contributed by atoms with van der Waals surface area (Å²) in [6, 6.07) is 0. The molecule has 0 radical (unpaired) electrons. The predicted octanol–water partition coefficient (Wildman–Crippen LogP) is -0.0161. The third-order valence-electron chi connectivity index (χ3n) is 2.75. The Kier molecular flexibility index (Phi) is 8.70. The SMILES string of the molecule is COC(=O)CCCNC(=O)[C@@H]1CC[C@H](CN)O1.Cl. The number of esters is 1. The van der Waals surface area contributed by atoms with E-state index in [1.54, 1.807) is 0 Å². The Labute approximate surface area is 113 Å². The molecule has 0 spiro atoms. The normalized spacial score (nSPS) is 22.1. The molecule has 2 atom stereocenters. The van der Waals surface area contributed by atoms with Crippen molar-refractivity contribution < 1.29 is 19.1 Å². The quantitative estimate of drug-likeness (QED) is 0.527. The highest BCUT2D eigenvalue weighted by atomic mass is 35.5. The minimum atomic E-state index is -0.387. The second-order valence-electron chi connectivity index (χ2n) is 4.03. The number of nitrogens with two attached hydrogens (primary N) is 1. The van der Waals surface area contributed by atoms with E-state index in [4.69, 9.17) is 10.5 Å². The van der Waals surface area contributed by atoms with Crippen molar-refractivity contribution in [3.8, 4) is 0 Å². The summed E-state index contributed by atoms with van der Waals surface area (Å²) >= 11 is 0. The van der Waals surface area contributed by atoms with E-state index in [-0.39, 0.29) is 36.5 Å². The summed E-state index contributed by atoms with van der Waals surface area (Å²) in [5.41, 5.74) is 5.46. The molecule has 1 rings (SSSR count). The summed E-state index contributed by atoms with van der Waals surface area (Å²) in [6.07, 6.45) is 2.04. The molecule has 1 saturated heterocycles. The minimum Gasteiger partial charge on any atom is -0.469 e. The summed E-state index contributed by atoms with van der Waals surface area (Å²) in [6.45, 7) is 0.910. The molecule has 1 fully saturated rings. The second kappa shape index (κ2) is 9.13. The summed E-state index contributed by atoms with van der Waals surface area (Å²) in [5, 5.41) is 2.74. The molecule has 0 aromatic rings. The number of ether oxygens (including phenoxy) is 2. The smallest absolute Gasteiger partial charge is 0.305 e. The topological polar surface area (TPSA) is 90.7 Å². The molecule has 3 N–H and O–H groups in total. The van der Waals surface area contributed by atoms with E-state index in [1.807, 2.05) is 0 Å². The van der Waals surface area contributed by atoms with Crippen LogP contribution in [0.4, 0.5) is 0 Å². The first-order chi connectivity index (χ1) is 8.17. The molecule has 0 bridgehead atoms. The Hall–Kier alpha value is -0.850. The van der Waals surface area contributed by atoms with Crippen LogP contribution in [-0.4, -0.2) is 44.3 Å². The zero-order chi connectivity index (χ0) is 12.7. The number of amides is 1. The molecule has 1 aliphatic rings. The van der Waals surface area contributed by atoms with E-state index in [0.29, 0.717) is 32.4 Å². The molecule has 7 heteroatoms. The third-order valence-corrected chi connectivity index (χ3v) is 2.75. The van der Waals surface area contributed by atoms with E-state index in [2.05, 4.69) is 10.1 Å². The molecule has 18 heavy (non-hydrogen) atoms. The van der Waals surface area contributed by atoms with Crippen LogP contribution in [0.15, 0.2) is 0 Å². The maximum atomic E-state index is 11.6. The molecule has 106 valence electrons. The van der Waals surface area contributed by atoms with Gasteiger partial charge in [-0.2, -0.15) is 0 Å². The molecule has 0 aromatic carbocycles. The number of carbonyl (C=O) groups is 2. The number of carbonyl (C=O) groups excluding carboxylic acids is 2. The van der Waals surface area contributed by atoms with E-state index in [0.717, 1.165) is 6.42 Å². The van der Waals surface area contributed by atoms with E-state index < -0.39 is 0 Å². The first-order valence-electron chi connectivity index (χ1n) is 5.87. The maximum Gasteiger partial charge on any atom is 0.305 e. The second-order valence-corrected chi connectivity index (χ2v) is 4.03. The number of methoxy groups -OCH3 is 1. The van der Waals surface area contributed by atoms with Crippen molar-refractivity contribution in [3.63, 3.8) is 0 Å². The van der Waals surface area contributed by atoms with Crippen LogP contribution in [0.2, 0.25) is 0 Å². The first kappa shape index (κ1) is 17.2. The minimum absolute atomic E-state index is 0. The highest BCUT2D eigenvalue weighted by molar-refractivity contribution is 5.85. The predicted molar refractivity (Wildman–Crippen MR) is 68.5 cm³/mol. The van der Waals surface area contributed by atoms with Crippen LogP contribution in [-0.2, 0) is 19.1 Å². The van der Waals surface area contributed by atoms with Gasteiger partial charge in [-0.15, -0.1) is 12.4 Å². The number of nitrogens with one attached hydrogen (secondary N) is 1. The molecule has 1 heterocycles. The Morgan fingerprint density at radius 1 is 1.44 bits per heavy atom. The molecular weight excluding hydrogens is 260 g/mol. The van der Waals surface area contributed by atoms with E-state index in [9.17, 15) is 9.59 Å². The van der Waals surface area contributed by atoms with Crippen LogP contribution in [0.1, 0.15) is 25.7 Å². The lowest BCUT2D eigenvalue weighted by Crippen LogP contribution is -2.36. The van der Waals surface area contributed by atoms with Gasteiger partial charge in [-0.3, -0.25) is 9.59 Å². The lowest BCUT2D eigenvalue weighted by molar-refractivity contribution is -0.141. The molecular formula is C11H21ClN2O4. The van der Waals surface area contributed by atoms with Gasteiger partial charge in [0.1, 0.15) is 6.10 Å². The Bertz CT molecular complexity index is 276. The average molecular weight is 281 g/mol. The van der Waals surface area contributed by atoms with Crippen molar-refractivity contribution in [1.82, 2.24) is 5.32 Å². The Balaban J connectivity index is 0.00000289. The lowest BCUT2D eigenvalue weighted by atomic mass is 10.2. The largest absolute Gasteiger partial charge is 0.469 e. The highest BCUT2D eigenvalue weighted by Crippen LogP contribution is 2.18. The van der Waals surface area contributed by atoms with Gasteiger partial charge in [0.25, 0.3) is 0 Å². The van der Waals surface area contributed by atoms with Crippen molar-refractivity contribution >= 4 is 24.3 Å². The highest BCUT2D eigenvalue weighted by Gasteiger charge is 2.29. The van der Waals surface area contributed by atoms with Gasteiger partial charge in [-0.05, 0) is 19.3 Å². The van der Waals surface area contributed by atoms with Gasteiger partial charge >= 0.3 is 5.97 Å². The summed E-state index contributed by atoms with van der Waals surface area (Å²) in [7, 11) is 1.35. The van der Waals surface area contributed by atoms with Crippen LogP contribution in [0.5, 0.6) is 0 Å². The van der Waals surface area contributed by atoms with Gasteiger partial charge in [0.15, 0.2) is 0 Å². The van der Waals surface area contributed by atoms with Crippen molar-refractivity contribution in [3.05, 3.63) is 0 Å². The zero-order valence-electron chi connectivity index (χ0n) is 10.5. The average Bonchev–Trinajstić information content (AvgIpc) is 2.82. The molecule has 1 aliphatic heterocycles. The van der Waals surface area contributed by atoms with Crippen molar-refractivity contribution in [2.75, 3.05) is 20.2 Å². The van der Waals surface area contributed by atoms with Crippen LogP contribution < -0.4 is 11.1 Å². The van der Waals surface area contributed by atoms with Gasteiger partial charge in [-0.1, -0.05) is 0 Å². The summed E-state index contributed by atoms with van der Waals surface area (Å²) in [4.78, 5) is 22.4. The third kappa shape index (κ3) is 5.66. The van der Waals surface area contributed by atoms with Crippen molar-refractivity contribution in [2.45, 2.75) is 37.9 Å². The number of hydrogen-bond donors (Lipinski definition) is 2. The fraction of sp³-hybridized carbons (Fsp3) is 0.818. The zero-order valence-corrected chi connectivity index (χ0v) is 11.3. The molecule has 0 aliphatic carbocycles. The van der Waals surface area contributed by atoms with Crippen molar-refractivity contribution in [1.29, 1.82) is 0 Å². The summed E-state index contributed by atoms with van der Waals surface area (Å²) in [5.74, 6) is -0.384. The number of rotatable bonds is 6. The Morgan fingerprint density at radius 2 is 2.17 bits per heavy atom. The van der Waals surface area contributed by atoms with Gasteiger partial charge in [0, 0.05) is 19.5 Å². The fourth-order valence-electron chi connectivity index (χ4n) is 1.73. The van der Waals surface area contributed by atoms with Gasteiger partial charge in [0.2, 0.25) is 5.91 Å². The van der Waals surface area contributed by atoms with Crippen LogP contribution >= 0.6 is 12.4 Å². The molecule has 0 aromatic heterocycles. The maximum absolute atomic E-state index is 11.6. The number of halogens is 1. The van der Waals surface area contributed by atoms with Gasteiger partial charge in [0.05, 0.1) is 13.2 Å². The van der Waals surface area contributed by atoms with Gasteiger partial charge < -0.3 is 20.5 Å². The molecule has 1 amide bonds. The van der Waals surface area contributed by atoms with Crippen LogP contribution in [0, 0.1) is 0 Å². The fourth-order valence-corrected chi connectivity index (χ4v) is 1.73. The molecule has 0 saturated carbocycles. The molecule has 0 unspecified atom stereocenters. The first-order valence-corrected chi connectivity index (χ1v) is 5.87. The lowest BCUT2D eigenvalue weighted by Gasteiger charge is -2.12. The van der Waals surface area contributed by atoms with Crippen molar-refractivity contribution in [2.24, 2.45) is 5.73 Å². The molecule has 6 nitrogen and oxygen atoms in total. The summed E-state index contributed by atoms with van der Waals surface area (Å²) < 4.78 is 9.94.